The van der Waals surface area contributed by atoms with Crippen LogP contribution in [0, 0.1) is 12.3 Å². The van der Waals surface area contributed by atoms with Crippen molar-refractivity contribution in [1.82, 2.24) is 0 Å². The molecule has 1 rings (SSSR count). The molecule has 0 heterocycles. The first-order chi connectivity index (χ1) is 9.59. The van der Waals surface area contributed by atoms with Crippen LogP contribution in [0.3, 0.4) is 0 Å². The molecular weight excluding hydrogens is 266 g/mol. The standard InChI is InChI=1S/C16H25N3O2/c1-10-8-12(6-7-13(10)18-11(2)20)19-15(21)9-14(17)16(3,4)5/h6-8,14H,9,17H2,1-5H3,(H,18,20)(H,19,21). The first-order valence-electron chi connectivity index (χ1n) is 7.03. The van der Waals surface area contributed by atoms with Gasteiger partial charge in [0.25, 0.3) is 0 Å². The summed E-state index contributed by atoms with van der Waals surface area (Å²) in [5.41, 5.74) is 8.23. The minimum atomic E-state index is -0.197. The number of carbonyl (C=O) groups excluding carboxylic acids is 2. The highest BCUT2D eigenvalue weighted by molar-refractivity contribution is 5.93. The zero-order chi connectivity index (χ0) is 16.2. The molecule has 0 saturated carbocycles. The van der Waals surface area contributed by atoms with Crippen molar-refractivity contribution in [2.45, 2.75) is 47.1 Å². The zero-order valence-electron chi connectivity index (χ0n) is 13.4. The van der Waals surface area contributed by atoms with E-state index in [9.17, 15) is 9.59 Å². The van der Waals surface area contributed by atoms with Gasteiger partial charge in [0.05, 0.1) is 0 Å². The largest absolute Gasteiger partial charge is 0.327 e. The van der Waals surface area contributed by atoms with Crippen molar-refractivity contribution in [3.05, 3.63) is 23.8 Å². The number of nitrogens with one attached hydrogen (secondary N) is 2. The van der Waals surface area contributed by atoms with Crippen LogP contribution in [0.25, 0.3) is 0 Å². The lowest BCUT2D eigenvalue weighted by molar-refractivity contribution is -0.117. The highest BCUT2D eigenvalue weighted by atomic mass is 16.2. The summed E-state index contributed by atoms with van der Waals surface area (Å²) >= 11 is 0. The molecule has 4 N–H and O–H groups in total. The molecule has 1 unspecified atom stereocenters. The van der Waals surface area contributed by atoms with Gasteiger partial charge in [-0.1, -0.05) is 20.8 Å². The van der Waals surface area contributed by atoms with Crippen molar-refractivity contribution in [1.29, 1.82) is 0 Å². The average Bonchev–Trinajstić information content (AvgIpc) is 2.30. The molecule has 0 spiro atoms. The second-order valence-electron chi connectivity index (χ2n) is 6.44. The molecule has 0 aliphatic heterocycles. The summed E-state index contributed by atoms with van der Waals surface area (Å²) in [4.78, 5) is 23.0. The lowest BCUT2D eigenvalue weighted by atomic mass is 9.85. The number of aryl methyl sites for hydroxylation is 1. The Morgan fingerprint density at radius 2 is 1.86 bits per heavy atom. The lowest BCUT2D eigenvalue weighted by Gasteiger charge is -2.26. The first-order valence-corrected chi connectivity index (χ1v) is 7.03. The van der Waals surface area contributed by atoms with Gasteiger partial charge in [0.2, 0.25) is 11.8 Å². The minimum absolute atomic E-state index is 0.107. The van der Waals surface area contributed by atoms with Gasteiger partial charge in [0.1, 0.15) is 0 Å². The van der Waals surface area contributed by atoms with Gasteiger partial charge in [-0.3, -0.25) is 9.59 Å². The van der Waals surface area contributed by atoms with Gasteiger partial charge in [-0.25, -0.2) is 0 Å². The molecular formula is C16H25N3O2. The Balaban J connectivity index is 2.69. The monoisotopic (exact) mass is 291 g/mol. The summed E-state index contributed by atoms with van der Waals surface area (Å²) in [6.07, 6.45) is 0.274. The predicted octanol–water partition coefficient (Wildman–Crippen LogP) is 2.66. The van der Waals surface area contributed by atoms with Crippen LogP contribution in [0.1, 0.15) is 39.7 Å². The van der Waals surface area contributed by atoms with Crippen LogP contribution >= 0.6 is 0 Å². The third-order valence-electron chi connectivity index (χ3n) is 3.34. The number of amides is 2. The fourth-order valence-electron chi connectivity index (χ4n) is 1.79. The summed E-state index contributed by atoms with van der Waals surface area (Å²) in [5, 5.41) is 5.57. The van der Waals surface area contributed by atoms with Gasteiger partial charge in [-0.15, -0.1) is 0 Å². The van der Waals surface area contributed by atoms with Crippen LogP contribution in [0.4, 0.5) is 11.4 Å². The van der Waals surface area contributed by atoms with Crippen LogP contribution in [0.5, 0.6) is 0 Å². The molecule has 0 aromatic heterocycles. The van der Waals surface area contributed by atoms with E-state index >= 15 is 0 Å². The fourth-order valence-corrected chi connectivity index (χ4v) is 1.79. The Hall–Kier alpha value is -1.88. The van der Waals surface area contributed by atoms with Gasteiger partial charge < -0.3 is 16.4 Å². The Morgan fingerprint density at radius 3 is 2.33 bits per heavy atom. The number of anilines is 2. The van der Waals surface area contributed by atoms with Crippen molar-refractivity contribution in [2.75, 3.05) is 10.6 Å². The molecule has 0 aliphatic carbocycles. The number of benzene rings is 1. The van der Waals surface area contributed by atoms with Crippen LogP contribution in [-0.4, -0.2) is 17.9 Å². The first kappa shape index (κ1) is 17.2. The zero-order valence-corrected chi connectivity index (χ0v) is 13.4. The van der Waals surface area contributed by atoms with Gasteiger partial charge in [-0.05, 0) is 36.1 Å². The number of hydrogen-bond acceptors (Lipinski definition) is 3. The SMILES string of the molecule is CC(=O)Nc1ccc(NC(=O)CC(N)C(C)(C)C)cc1C. The molecule has 0 aliphatic rings. The van der Waals surface area contributed by atoms with Crippen molar-refractivity contribution in [2.24, 2.45) is 11.1 Å². The van der Waals surface area contributed by atoms with E-state index in [1.165, 1.54) is 6.92 Å². The van der Waals surface area contributed by atoms with Crippen molar-refractivity contribution in [3.63, 3.8) is 0 Å². The van der Waals surface area contributed by atoms with Crippen LogP contribution < -0.4 is 16.4 Å². The van der Waals surface area contributed by atoms with E-state index in [0.29, 0.717) is 5.69 Å². The quantitative estimate of drug-likeness (QED) is 0.797. The van der Waals surface area contributed by atoms with Crippen LogP contribution in [0.2, 0.25) is 0 Å². The smallest absolute Gasteiger partial charge is 0.225 e. The van der Waals surface area contributed by atoms with Gasteiger partial charge in [0.15, 0.2) is 0 Å². The van der Waals surface area contributed by atoms with E-state index in [1.54, 1.807) is 12.1 Å². The lowest BCUT2D eigenvalue weighted by Crippen LogP contribution is -2.38. The Bertz CT molecular complexity index is 533. The summed E-state index contributed by atoms with van der Waals surface area (Å²) in [5.74, 6) is -0.227. The van der Waals surface area contributed by atoms with E-state index in [4.69, 9.17) is 5.73 Å². The maximum absolute atomic E-state index is 12.0. The Morgan fingerprint density at radius 1 is 1.24 bits per heavy atom. The molecule has 1 aromatic carbocycles. The fraction of sp³-hybridized carbons (Fsp3) is 0.500. The second-order valence-corrected chi connectivity index (χ2v) is 6.44. The molecule has 2 amide bonds. The molecule has 0 radical (unpaired) electrons. The Labute approximate surface area is 126 Å². The van der Waals surface area contributed by atoms with Crippen molar-refractivity contribution in [3.8, 4) is 0 Å². The van der Waals surface area contributed by atoms with E-state index in [1.807, 2.05) is 33.8 Å². The van der Waals surface area contributed by atoms with E-state index in [-0.39, 0.29) is 29.7 Å². The summed E-state index contributed by atoms with van der Waals surface area (Å²) in [6, 6.07) is 5.16. The van der Waals surface area contributed by atoms with Crippen LogP contribution in [0.15, 0.2) is 18.2 Å². The summed E-state index contributed by atoms with van der Waals surface area (Å²) in [7, 11) is 0. The maximum atomic E-state index is 12.0. The number of nitrogens with two attached hydrogens (primary N) is 1. The highest BCUT2D eigenvalue weighted by Gasteiger charge is 2.23. The predicted molar refractivity (Wildman–Crippen MR) is 86.2 cm³/mol. The Kier molecular flexibility index (Phi) is 5.49. The van der Waals surface area contributed by atoms with Crippen molar-refractivity contribution < 1.29 is 9.59 Å². The third kappa shape index (κ3) is 5.55. The molecule has 21 heavy (non-hydrogen) atoms. The van der Waals surface area contributed by atoms with Crippen molar-refractivity contribution >= 4 is 23.2 Å². The average molecular weight is 291 g/mol. The molecule has 0 saturated heterocycles. The van der Waals surface area contributed by atoms with E-state index in [0.717, 1.165) is 11.3 Å². The molecule has 0 fully saturated rings. The number of carbonyl (C=O) groups is 2. The molecule has 1 atom stereocenters. The molecule has 5 nitrogen and oxygen atoms in total. The third-order valence-corrected chi connectivity index (χ3v) is 3.34. The molecule has 0 bridgehead atoms. The molecule has 1 aromatic rings. The number of rotatable bonds is 4. The van der Waals surface area contributed by atoms with Gasteiger partial charge >= 0.3 is 0 Å². The normalized spacial score (nSPS) is 12.7. The minimum Gasteiger partial charge on any atom is -0.327 e. The molecule has 5 heteroatoms. The van der Waals surface area contributed by atoms with Gasteiger partial charge in [0, 0.05) is 30.8 Å². The number of hydrogen-bond donors (Lipinski definition) is 3. The topological polar surface area (TPSA) is 84.2 Å². The van der Waals surface area contributed by atoms with E-state index < -0.39 is 0 Å². The van der Waals surface area contributed by atoms with E-state index in [2.05, 4.69) is 10.6 Å². The van der Waals surface area contributed by atoms with Gasteiger partial charge in [-0.2, -0.15) is 0 Å². The maximum Gasteiger partial charge on any atom is 0.225 e. The highest BCUT2D eigenvalue weighted by Crippen LogP contribution is 2.22. The summed E-state index contributed by atoms with van der Waals surface area (Å²) < 4.78 is 0. The molecule has 116 valence electrons. The second kappa shape index (κ2) is 6.72. The van der Waals surface area contributed by atoms with Crippen LogP contribution in [-0.2, 0) is 9.59 Å². The summed E-state index contributed by atoms with van der Waals surface area (Å²) in [6.45, 7) is 9.37.